The van der Waals surface area contributed by atoms with Crippen LogP contribution in [0.25, 0.3) is 0 Å². The summed E-state index contributed by atoms with van der Waals surface area (Å²) in [5.74, 6) is 2.07. The summed E-state index contributed by atoms with van der Waals surface area (Å²) in [7, 11) is 4.09. The number of piperidine rings is 1. The van der Waals surface area contributed by atoms with E-state index >= 15 is 0 Å². The topological polar surface area (TPSA) is 69.2 Å². The van der Waals surface area contributed by atoms with Crippen LogP contribution in [0.2, 0.25) is 0 Å². The van der Waals surface area contributed by atoms with Gasteiger partial charge in [-0.05, 0) is 57.1 Å². The number of likely N-dealkylation sites (N-methyl/N-ethyl adjacent to an activating group) is 1. The lowest BCUT2D eigenvalue weighted by molar-refractivity contribution is 0.425. The molecular weight excluding hydrogens is 326 g/mol. The number of nitrogens with one attached hydrogen (secondary N) is 2. The maximum Gasteiger partial charge on any atom is 0.249 e. The first-order valence-electron chi connectivity index (χ1n) is 9.30. The van der Waals surface area contributed by atoms with Gasteiger partial charge in [-0.15, -0.1) is 5.10 Å². The number of benzene rings is 1. The van der Waals surface area contributed by atoms with Crippen LogP contribution >= 0.6 is 0 Å². The first-order chi connectivity index (χ1) is 12.6. The summed E-state index contributed by atoms with van der Waals surface area (Å²) in [5, 5.41) is 14.6. The van der Waals surface area contributed by atoms with Crippen molar-refractivity contribution in [3.05, 3.63) is 30.5 Å². The van der Waals surface area contributed by atoms with Crippen LogP contribution in [0.4, 0.5) is 23.1 Å². The third-order valence-electron chi connectivity index (χ3n) is 4.70. The Kier molecular flexibility index (Phi) is 6.22. The Hall–Kier alpha value is -2.41. The number of anilines is 4. The zero-order chi connectivity index (χ0) is 18.4. The van der Waals surface area contributed by atoms with E-state index in [4.69, 9.17) is 0 Å². The molecule has 1 saturated heterocycles. The smallest absolute Gasteiger partial charge is 0.249 e. The van der Waals surface area contributed by atoms with Crippen molar-refractivity contribution >= 4 is 23.1 Å². The van der Waals surface area contributed by atoms with E-state index in [1.165, 1.54) is 18.5 Å². The van der Waals surface area contributed by atoms with Crippen LogP contribution in [0.15, 0.2) is 30.5 Å². The molecule has 0 saturated carbocycles. The van der Waals surface area contributed by atoms with Gasteiger partial charge in [0.15, 0.2) is 5.82 Å². The highest BCUT2D eigenvalue weighted by molar-refractivity contribution is 5.59. The van der Waals surface area contributed by atoms with Crippen molar-refractivity contribution in [2.24, 2.45) is 5.92 Å². The summed E-state index contributed by atoms with van der Waals surface area (Å²) in [6.45, 7) is 6.36. The summed E-state index contributed by atoms with van der Waals surface area (Å²) in [4.78, 5) is 9.03. The van der Waals surface area contributed by atoms with Gasteiger partial charge in [-0.3, -0.25) is 0 Å². The Balaban J connectivity index is 1.57. The number of nitrogens with zero attached hydrogens (tertiary/aromatic N) is 5. The van der Waals surface area contributed by atoms with Gasteiger partial charge in [0.2, 0.25) is 5.95 Å². The fraction of sp³-hybridized carbons (Fsp3) is 0.526. The van der Waals surface area contributed by atoms with E-state index < -0.39 is 0 Å². The highest BCUT2D eigenvalue weighted by atomic mass is 15.3. The molecule has 7 heteroatoms. The minimum atomic E-state index is 0.499. The van der Waals surface area contributed by atoms with Gasteiger partial charge in [-0.25, -0.2) is 0 Å². The summed E-state index contributed by atoms with van der Waals surface area (Å²) in [6.07, 6.45) is 4.18. The van der Waals surface area contributed by atoms with Gasteiger partial charge in [0, 0.05) is 37.6 Å². The molecule has 0 unspecified atom stereocenters. The quantitative estimate of drug-likeness (QED) is 0.791. The van der Waals surface area contributed by atoms with Crippen molar-refractivity contribution < 1.29 is 0 Å². The molecule has 1 aromatic heterocycles. The molecular formula is C19H29N7. The number of rotatable bonds is 7. The van der Waals surface area contributed by atoms with Crippen LogP contribution in [0.3, 0.4) is 0 Å². The first kappa shape index (κ1) is 18.4. The lowest BCUT2D eigenvalue weighted by Crippen LogP contribution is -2.32. The molecule has 0 spiro atoms. The maximum absolute atomic E-state index is 4.46. The van der Waals surface area contributed by atoms with Crippen LogP contribution in [0.1, 0.15) is 19.8 Å². The third kappa shape index (κ3) is 5.29. The van der Waals surface area contributed by atoms with E-state index in [0.29, 0.717) is 5.95 Å². The zero-order valence-electron chi connectivity index (χ0n) is 15.9. The van der Waals surface area contributed by atoms with E-state index in [0.717, 1.165) is 43.6 Å². The molecule has 2 heterocycles. The second kappa shape index (κ2) is 8.80. The Morgan fingerprint density at radius 3 is 2.58 bits per heavy atom. The van der Waals surface area contributed by atoms with Crippen LogP contribution in [-0.2, 0) is 0 Å². The second-order valence-electron chi connectivity index (χ2n) is 7.24. The van der Waals surface area contributed by atoms with Crippen LogP contribution in [0, 0.1) is 5.92 Å². The van der Waals surface area contributed by atoms with Crippen LogP contribution in [-0.4, -0.2) is 60.4 Å². The first-order valence-corrected chi connectivity index (χ1v) is 9.30. The molecule has 26 heavy (non-hydrogen) atoms. The highest BCUT2D eigenvalue weighted by Crippen LogP contribution is 2.25. The van der Waals surface area contributed by atoms with E-state index in [1.54, 1.807) is 6.20 Å². The van der Waals surface area contributed by atoms with Crippen LogP contribution < -0.4 is 15.5 Å². The fourth-order valence-corrected chi connectivity index (χ4v) is 3.00. The molecule has 2 N–H and O–H groups in total. The Morgan fingerprint density at radius 1 is 1.15 bits per heavy atom. The molecule has 3 rings (SSSR count). The van der Waals surface area contributed by atoms with E-state index in [2.05, 4.69) is 66.8 Å². The predicted octanol–water partition coefficient (Wildman–Crippen LogP) is 2.83. The molecule has 140 valence electrons. The average molecular weight is 355 g/mol. The molecule has 0 amide bonds. The van der Waals surface area contributed by atoms with E-state index in [-0.39, 0.29) is 0 Å². The highest BCUT2D eigenvalue weighted by Gasteiger charge is 2.15. The van der Waals surface area contributed by atoms with Crippen molar-refractivity contribution in [2.75, 3.05) is 55.8 Å². The van der Waals surface area contributed by atoms with Crippen molar-refractivity contribution in [1.82, 2.24) is 20.1 Å². The molecule has 0 atom stereocenters. The lowest BCUT2D eigenvalue weighted by atomic mass is 9.99. The molecule has 1 aromatic carbocycles. The SMILES string of the molecule is CC1CCN(c2ccc(Nc3nncc(NCCN(C)C)n3)cc2)CC1. The Bertz CT molecular complexity index is 679. The van der Waals surface area contributed by atoms with Crippen molar-refractivity contribution in [3.63, 3.8) is 0 Å². The minimum absolute atomic E-state index is 0.499. The van der Waals surface area contributed by atoms with Gasteiger partial charge in [0.1, 0.15) is 0 Å². The molecule has 0 aliphatic carbocycles. The molecule has 1 aliphatic rings. The number of hydrogen-bond acceptors (Lipinski definition) is 7. The van der Waals surface area contributed by atoms with Gasteiger partial charge in [0.25, 0.3) is 0 Å². The van der Waals surface area contributed by atoms with Crippen LogP contribution in [0.5, 0.6) is 0 Å². The molecule has 0 radical (unpaired) electrons. The normalized spacial score (nSPS) is 15.3. The molecule has 1 aliphatic heterocycles. The zero-order valence-corrected chi connectivity index (χ0v) is 15.9. The minimum Gasteiger partial charge on any atom is -0.372 e. The number of hydrogen-bond donors (Lipinski definition) is 2. The maximum atomic E-state index is 4.46. The van der Waals surface area contributed by atoms with Gasteiger partial charge in [-0.2, -0.15) is 10.1 Å². The van der Waals surface area contributed by atoms with Crippen molar-refractivity contribution in [3.8, 4) is 0 Å². The molecule has 7 nitrogen and oxygen atoms in total. The Morgan fingerprint density at radius 2 is 1.88 bits per heavy atom. The van der Waals surface area contributed by atoms with E-state index in [1.807, 2.05) is 14.1 Å². The fourth-order valence-electron chi connectivity index (χ4n) is 3.00. The lowest BCUT2D eigenvalue weighted by Gasteiger charge is -2.32. The average Bonchev–Trinajstić information content (AvgIpc) is 2.63. The Labute approximate surface area is 155 Å². The second-order valence-corrected chi connectivity index (χ2v) is 7.24. The summed E-state index contributed by atoms with van der Waals surface area (Å²) in [6, 6.07) is 8.46. The number of aromatic nitrogens is 3. The molecule has 2 aromatic rings. The molecule has 1 fully saturated rings. The summed E-state index contributed by atoms with van der Waals surface area (Å²) in [5.41, 5.74) is 2.24. The summed E-state index contributed by atoms with van der Waals surface area (Å²) < 4.78 is 0. The van der Waals surface area contributed by atoms with Gasteiger partial charge < -0.3 is 20.4 Å². The molecule has 0 bridgehead atoms. The van der Waals surface area contributed by atoms with E-state index in [9.17, 15) is 0 Å². The van der Waals surface area contributed by atoms with Crippen molar-refractivity contribution in [1.29, 1.82) is 0 Å². The van der Waals surface area contributed by atoms with Gasteiger partial charge >= 0.3 is 0 Å². The van der Waals surface area contributed by atoms with Crippen molar-refractivity contribution in [2.45, 2.75) is 19.8 Å². The summed E-state index contributed by atoms with van der Waals surface area (Å²) >= 11 is 0. The third-order valence-corrected chi connectivity index (χ3v) is 4.70. The van der Waals surface area contributed by atoms with Gasteiger partial charge in [0.05, 0.1) is 6.20 Å². The standard InChI is InChI=1S/C19H29N7/c1-15-8-11-26(12-9-15)17-6-4-16(5-7-17)22-19-23-18(14-21-24-19)20-10-13-25(2)3/h4-7,14-15H,8-13H2,1-3H3,(H2,20,22,23,24). The van der Waals surface area contributed by atoms with Gasteiger partial charge in [-0.1, -0.05) is 6.92 Å². The predicted molar refractivity (Wildman–Crippen MR) is 107 cm³/mol. The largest absolute Gasteiger partial charge is 0.372 e. The monoisotopic (exact) mass is 355 g/mol.